The molecule has 0 radical (unpaired) electrons. The van der Waals surface area contributed by atoms with E-state index in [1.165, 1.54) is 12.4 Å². The number of aromatic nitrogens is 4. The van der Waals surface area contributed by atoms with Crippen molar-refractivity contribution in [2.24, 2.45) is 0 Å². The van der Waals surface area contributed by atoms with Crippen LogP contribution in [-0.2, 0) is 0 Å². The van der Waals surface area contributed by atoms with Gasteiger partial charge in [0.15, 0.2) is 5.75 Å². The summed E-state index contributed by atoms with van der Waals surface area (Å²) in [5.74, 6) is -0.00642. The molecule has 1 fully saturated rings. The van der Waals surface area contributed by atoms with E-state index >= 15 is 0 Å². The first-order valence-electron chi connectivity index (χ1n) is 6.69. The zero-order valence-corrected chi connectivity index (χ0v) is 11.7. The van der Waals surface area contributed by atoms with E-state index in [1.807, 2.05) is 11.8 Å². The molecule has 0 amide bonds. The number of nitrogens with zero attached hydrogens (tertiary/aromatic N) is 6. The van der Waals surface area contributed by atoms with E-state index in [2.05, 4.69) is 24.6 Å². The van der Waals surface area contributed by atoms with Gasteiger partial charge in [0.25, 0.3) is 11.8 Å². The number of halogens is 2. The monoisotopic (exact) mass is 312 g/mol. The Labute approximate surface area is 124 Å². The van der Waals surface area contributed by atoms with E-state index in [-0.39, 0.29) is 17.7 Å². The molecule has 1 N–H and O–H groups in total. The summed E-state index contributed by atoms with van der Waals surface area (Å²) in [6.07, 6.45) is -0.115. The van der Waals surface area contributed by atoms with Gasteiger partial charge >= 0.3 is 6.43 Å². The molecule has 118 valence electrons. The third kappa shape index (κ3) is 2.76. The van der Waals surface area contributed by atoms with E-state index in [0.29, 0.717) is 25.6 Å². The molecule has 22 heavy (non-hydrogen) atoms. The van der Waals surface area contributed by atoms with Gasteiger partial charge in [0.05, 0.1) is 12.4 Å². The molecular formula is C12H14F2N6O2. The van der Waals surface area contributed by atoms with Gasteiger partial charge in [0.2, 0.25) is 5.95 Å². The molecular weight excluding hydrogens is 298 g/mol. The van der Waals surface area contributed by atoms with Gasteiger partial charge in [0.1, 0.15) is 0 Å². The minimum absolute atomic E-state index is 0.00126. The number of hydrogen-bond donors (Lipinski definition) is 1. The quantitative estimate of drug-likeness (QED) is 0.904. The summed E-state index contributed by atoms with van der Waals surface area (Å²) in [5.41, 5.74) is 0. The first kappa shape index (κ1) is 14.4. The van der Waals surface area contributed by atoms with Crippen LogP contribution in [-0.4, -0.2) is 50.9 Å². The molecule has 0 spiro atoms. The predicted molar refractivity (Wildman–Crippen MR) is 72.0 cm³/mol. The summed E-state index contributed by atoms with van der Waals surface area (Å²) in [4.78, 5) is 15.6. The summed E-state index contributed by atoms with van der Waals surface area (Å²) < 4.78 is 29.5. The second-order valence-corrected chi connectivity index (χ2v) is 4.96. The van der Waals surface area contributed by atoms with Crippen molar-refractivity contribution in [1.82, 2.24) is 20.1 Å². The van der Waals surface area contributed by atoms with Crippen molar-refractivity contribution in [1.29, 1.82) is 0 Å². The van der Waals surface area contributed by atoms with Crippen LogP contribution >= 0.6 is 0 Å². The van der Waals surface area contributed by atoms with Crippen molar-refractivity contribution in [2.75, 3.05) is 29.4 Å². The van der Waals surface area contributed by atoms with Gasteiger partial charge in [-0.15, -0.1) is 0 Å². The lowest BCUT2D eigenvalue weighted by Gasteiger charge is -2.39. The molecule has 0 bridgehead atoms. The SMILES string of the molecule is C[C@@H]1CN(c2noc(C(F)F)n2)CCN1c1ncc(O)cn1. The minimum atomic E-state index is -2.77. The average molecular weight is 312 g/mol. The fourth-order valence-electron chi connectivity index (χ4n) is 2.34. The van der Waals surface area contributed by atoms with Crippen molar-refractivity contribution >= 4 is 11.9 Å². The van der Waals surface area contributed by atoms with E-state index < -0.39 is 12.3 Å². The highest BCUT2D eigenvalue weighted by molar-refractivity contribution is 5.39. The molecule has 0 aliphatic carbocycles. The Morgan fingerprint density at radius 2 is 2.00 bits per heavy atom. The smallest absolute Gasteiger partial charge is 0.316 e. The van der Waals surface area contributed by atoms with Crippen LogP contribution < -0.4 is 9.80 Å². The molecule has 0 aromatic carbocycles. The lowest BCUT2D eigenvalue weighted by atomic mass is 10.2. The minimum Gasteiger partial charge on any atom is -0.505 e. The molecule has 1 aliphatic heterocycles. The van der Waals surface area contributed by atoms with Crippen molar-refractivity contribution < 1.29 is 18.4 Å². The molecule has 10 heteroatoms. The van der Waals surface area contributed by atoms with Crippen LogP contribution in [0.15, 0.2) is 16.9 Å². The van der Waals surface area contributed by atoms with Crippen molar-refractivity contribution in [3.05, 3.63) is 18.3 Å². The highest BCUT2D eigenvalue weighted by Gasteiger charge is 2.29. The van der Waals surface area contributed by atoms with Crippen LogP contribution in [0.25, 0.3) is 0 Å². The Balaban J connectivity index is 1.70. The summed E-state index contributed by atoms with van der Waals surface area (Å²) in [6.45, 7) is 3.57. The van der Waals surface area contributed by atoms with Crippen molar-refractivity contribution in [2.45, 2.75) is 19.4 Å². The molecule has 2 aromatic rings. The van der Waals surface area contributed by atoms with E-state index in [4.69, 9.17) is 0 Å². The van der Waals surface area contributed by atoms with E-state index in [1.54, 1.807) is 4.90 Å². The van der Waals surface area contributed by atoms with Gasteiger partial charge in [-0.3, -0.25) is 0 Å². The molecule has 3 heterocycles. The lowest BCUT2D eigenvalue weighted by Crippen LogP contribution is -2.53. The van der Waals surface area contributed by atoms with Gasteiger partial charge < -0.3 is 19.4 Å². The number of hydrogen-bond acceptors (Lipinski definition) is 8. The fourth-order valence-corrected chi connectivity index (χ4v) is 2.34. The second kappa shape index (κ2) is 5.70. The maximum Gasteiger partial charge on any atom is 0.316 e. The average Bonchev–Trinajstić information content (AvgIpc) is 2.98. The first-order valence-corrected chi connectivity index (χ1v) is 6.69. The zero-order valence-electron chi connectivity index (χ0n) is 11.7. The van der Waals surface area contributed by atoms with E-state index in [9.17, 15) is 13.9 Å². The Morgan fingerprint density at radius 1 is 1.27 bits per heavy atom. The first-order chi connectivity index (χ1) is 10.5. The Hall–Kier alpha value is -2.52. The van der Waals surface area contributed by atoms with Crippen molar-refractivity contribution in [3.8, 4) is 5.75 Å². The molecule has 0 saturated carbocycles. The molecule has 1 atom stereocenters. The van der Waals surface area contributed by atoms with Crippen LogP contribution in [0.1, 0.15) is 19.2 Å². The van der Waals surface area contributed by atoms with Gasteiger partial charge in [-0.1, -0.05) is 0 Å². The van der Waals surface area contributed by atoms with Crippen molar-refractivity contribution in [3.63, 3.8) is 0 Å². The number of aromatic hydroxyl groups is 1. The third-order valence-corrected chi connectivity index (χ3v) is 3.41. The molecule has 2 aromatic heterocycles. The maximum atomic E-state index is 12.5. The van der Waals surface area contributed by atoms with Gasteiger partial charge in [-0.05, 0) is 12.1 Å². The topological polar surface area (TPSA) is 91.4 Å². The summed E-state index contributed by atoms with van der Waals surface area (Å²) in [5, 5.41) is 12.8. The van der Waals surface area contributed by atoms with E-state index in [0.717, 1.165) is 0 Å². The number of piperazine rings is 1. The standard InChI is InChI=1S/C12H14F2N6O2/c1-7-6-19(12-17-10(9(13)14)22-18-12)2-3-20(7)11-15-4-8(21)5-16-11/h4-5,7,9,21H,2-3,6H2,1H3/t7-/m1/s1. The van der Waals surface area contributed by atoms with Crippen LogP contribution in [0, 0.1) is 0 Å². The maximum absolute atomic E-state index is 12.5. The fraction of sp³-hybridized carbons (Fsp3) is 0.500. The van der Waals surface area contributed by atoms with Crippen LogP contribution in [0.4, 0.5) is 20.7 Å². The number of anilines is 2. The molecule has 3 rings (SSSR count). The summed E-state index contributed by atoms with van der Waals surface area (Å²) >= 11 is 0. The van der Waals surface area contributed by atoms with Crippen LogP contribution in [0.3, 0.4) is 0 Å². The largest absolute Gasteiger partial charge is 0.505 e. The normalized spacial score (nSPS) is 19.0. The highest BCUT2D eigenvalue weighted by atomic mass is 19.3. The number of rotatable bonds is 3. The van der Waals surface area contributed by atoms with Gasteiger partial charge in [-0.25, -0.2) is 9.97 Å². The number of alkyl halides is 2. The van der Waals surface area contributed by atoms with Gasteiger partial charge in [-0.2, -0.15) is 13.8 Å². The summed E-state index contributed by atoms with van der Waals surface area (Å²) in [6, 6.07) is 0.0202. The predicted octanol–water partition coefficient (Wildman–Crippen LogP) is 1.22. The summed E-state index contributed by atoms with van der Waals surface area (Å²) in [7, 11) is 0. The van der Waals surface area contributed by atoms with Gasteiger partial charge in [0, 0.05) is 25.7 Å². The lowest BCUT2D eigenvalue weighted by molar-refractivity contribution is 0.106. The zero-order chi connectivity index (χ0) is 15.7. The Bertz CT molecular complexity index is 635. The Morgan fingerprint density at radius 3 is 2.59 bits per heavy atom. The highest BCUT2D eigenvalue weighted by Crippen LogP contribution is 2.23. The molecule has 8 nitrogen and oxygen atoms in total. The molecule has 0 unspecified atom stereocenters. The molecule has 1 saturated heterocycles. The third-order valence-electron chi connectivity index (χ3n) is 3.41. The second-order valence-electron chi connectivity index (χ2n) is 4.96. The van der Waals surface area contributed by atoms with Crippen LogP contribution in [0.5, 0.6) is 5.75 Å². The van der Waals surface area contributed by atoms with Crippen LogP contribution in [0.2, 0.25) is 0 Å². The molecule has 1 aliphatic rings. The Kier molecular flexibility index (Phi) is 3.73.